The number of nitrogens with one attached hydrogen (secondary N) is 1. The van der Waals surface area contributed by atoms with Gasteiger partial charge in [0.05, 0.1) is 27.4 Å². The highest BCUT2D eigenvalue weighted by molar-refractivity contribution is 7.16. The number of nitrogens with zero attached hydrogens (tertiary/aromatic N) is 2. The number of aromatic nitrogens is 1. The fraction of sp³-hybridized carbons (Fsp3) is 0.0667. The molecule has 0 aliphatic heterocycles. The Kier molecular flexibility index (Phi) is 3.32. The molecule has 0 saturated heterocycles. The van der Waals surface area contributed by atoms with Gasteiger partial charge in [-0.25, -0.2) is 9.37 Å². The molecule has 0 bridgehead atoms. The van der Waals surface area contributed by atoms with Gasteiger partial charge in [-0.05, 0) is 36.4 Å². The number of rotatable bonds is 3. The third-order valence-corrected chi connectivity index (χ3v) is 3.78. The van der Waals surface area contributed by atoms with E-state index in [0.29, 0.717) is 17.7 Å². The second kappa shape index (κ2) is 5.27. The summed E-state index contributed by atoms with van der Waals surface area (Å²) in [7, 11) is 0. The third kappa shape index (κ3) is 2.46. The van der Waals surface area contributed by atoms with Gasteiger partial charge < -0.3 is 5.32 Å². The van der Waals surface area contributed by atoms with Crippen LogP contribution in [-0.4, -0.2) is 4.98 Å². The SMILES string of the molecule is N#Cc1ccc(F)c(CNc2ccc3ncsc3c2)c1. The first-order valence-electron chi connectivity index (χ1n) is 6.02. The number of benzene rings is 2. The maximum absolute atomic E-state index is 13.7. The van der Waals surface area contributed by atoms with Gasteiger partial charge in [-0.3, -0.25) is 0 Å². The highest BCUT2D eigenvalue weighted by Gasteiger charge is 2.04. The molecule has 98 valence electrons. The van der Waals surface area contributed by atoms with Gasteiger partial charge in [-0.15, -0.1) is 11.3 Å². The molecule has 0 fully saturated rings. The zero-order valence-corrected chi connectivity index (χ0v) is 11.2. The van der Waals surface area contributed by atoms with Crippen molar-refractivity contribution >= 4 is 27.2 Å². The van der Waals surface area contributed by atoms with Crippen molar-refractivity contribution in [3.63, 3.8) is 0 Å². The standard InChI is InChI=1S/C15H10FN3S/c16-13-3-1-10(7-17)5-11(13)8-18-12-2-4-14-15(6-12)20-9-19-14/h1-6,9,18H,8H2. The Balaban J connectivity index is 1.80. The van der Waals surface area contributed by atoms with Gasteiger partial charge >= 0.3 is 0 Å². The molecular weight excluding hydrogens is 273 g/mol. The Morgan fingerprint density at radius 2 is 2.15 bits per heavy atom. The lowest BCUT2D eigenvalue weighted by Gasteiger charge is -2.07. The van der Waals surface area contributed by atoms with Gasteiger partial charge in [0.25, 0.3) is 0 Å². The van der Waals surface area contributed by atoms with Crippen molar-refractivity contribution in [1.29, 1.82) is 5.26 Å². The monoisotopic (exact) mass is 283 g/mol. The van der Waals surface area contributed by atoms with Gasteiger partial charge in [0.2, 0.25) is 0 Å². The number of halogens is 1. The lowest BCUT2D eigenvalue weighted by molar-refractivity contribution is 0.613. The van der Waals surface area contributed by atoms with E-state index in [-0.39, 0.29) is 5.82 Å². The van der Waals surface area contributed by atoms with Crippen molar-refractivity contribution in [2.75, 3.05) is 5.32 Å². The van der Waals surface area contributed by atoms with Crippen molar-refractivity contribution < 1.29 is 4.39 Å². The molecule has 1 N–H and O–H groups in total. The fourth-order valence-electron chi connectivity index (χ4n) is 1.94. The first kappa shape index (κ1) is 12.6. The molecule has 0 atom stereocenters. The largest absolute Gasteiger partial charge is 0.381 e. The summed E-state index contributed by atoms with van der Waals surface area (Å²) in [5, 5.41) is 12.0. The van der Waals surface area contributed by atoms with Gasteiger partial charge in [-0.1, -0.05) is 0 Å². The zero-order chi connectivity index (χ0) is 13.9. The molecule has 3 nitrogen and oxygen atoms in total. The van der Waals surface area contributed by atoms with Gasteiger partial charge in [0, 0.05) is 17.8 Å². The molecule has 0 saturated carbocycles. The van der Waals surface area contributed by atoms with Crippen LogP contribution in [0.2, 0.25) is 0 Å². The summed E-state index contributed by atoms with van der Waals surface area (Å²) in [5.41, 5.74) is 4.60. The molecular formula is C15H10FN3S. The summed E-state index contributed by atoms with van der Waals surface area (Å²) in [6.07, 6.45) is 0. The van der Waals surface area contributed by atoms with Crippen LogP contribution in [-0.2, 0) is 6.54 Å². The van der Waals surface area contributed by atoms with E-state index >= 15 is 0 Å². The Hall–Kier alpha value is -2.45. The molecule has 0 spiro atoms. The first-order chi connectivity index (χ1) is 9.76. The highest BCUT2D eigenvalue weighted by atomic mass is 32.1. The average molecular weight is 283 g/mol. The number of nitriles is 1. The van der Waals surface area contributed by atoms with Crippen molar-refractivity contribution in [2.45, 2.75) is 6.54 Å². The minimum Gasteiger partial charge on any atom is -0.381 e. The van der Waals surface area contributed by atoms with E-state index in [1.165, 1.54) is 12.1 Å². The van der Waals surface area contributed by atoms with Crippen LogP contribution in [0.5, 0.6) is 0 Å². The van der Waals surface area contributed by atoms with Crippen molar-refractivity contribution in [2.24, 2.45) is 0 Å². The Morgan fingerprint density at radius 3 is 3.00 bits per heavy atom. The summed E-state index contributed by atoms with van der Waals surface area (Å²) in [6.45, 7) is 0.339. The normalized spacial score (nSPS) is 10.4. The highest BCUT2D eigenvalue weighted by Crippen LogP contribution is 2.22. The smallest absolute Gasteiger partial charge is 0.128 e. The molecule has 20 heavy (non-hydrogen) atoms. The summed E-state index contributed by atoms with van der Waals surface area (Å²) in [6, 6.07) is 12.2. The molecule has 0 amide bonds. The molecule has 0 aliphatic rings. The summed E-state index contributed by atoms with van der Waals surface area (Å²) in [5.74, 6) is -0.310. The van der Waals surface area contributed by atoms with Crippen LogP contribution in [0.3, 0.4) is 0 Å². The Labute approximate surface area is 119 Å². The van der Waals surface area contributed by atoms with Crippen LogP contribution in [0.1, 0.15) is 11.1 Å². The number of fused-ring (bicyclic) bond motifs is 1. The summed E-state index contributed by atoms with van der Waals surface area (Å²) >= 11 is 1.56. The molecule has 0 aliphatic carbocycles. The molecule has 5 heteroatoms. The van der Waals surface area contributed by atoms with Gasteiger partial charge in [-0.2, -0.15) is 5.26 Å². The van der Waals surface area contributed by atoms with Crippen LogP contribution < -0.4 is 5.32 Å². The van der Waals surface area contributed by atoms with Crippen LogP contribution in [0.4, 0.5) is 10.1 Å². The second-order valence-electron chi connectivity index (χ2n) is 4.31. The fourth-order valence-corrected chi connectivity index (χ4v) is 2.66. The quantitative estimate of drug-likeness (QED) is 0.792. The lowest BCUT2D eigenvalue weighted by atomic mass is 10.1. The van der Waals surface area contributed by atoms with E-state index in [4.69, 9.17) is 5.26 Å². The minimum absolute atomic E-state index is 0.310. The molecule has 0 radical (unpaired) electrons. The van der Waals surface area contributed by atoms with E-state index in [9.17, 15) is 4.39 Å². The molecule has 3 aromatic rings. The Morgan fingerprint density at radius 1 is 1.25 bits per heavy atom. The first-order valence-corrected chi connectivity index (χ1v) is 6.90. The maximum Gasteiger partial charge on any atom is 0.128 e. The minimum atomic E-state index is -0.310. The Bertz CT molecular complexity index is 804. The summed E-state index contributed by atoms with van der Waals surface area (Å²) in [4.78, 5) is 4.21. The van der Waals surface area contributed by atoms with Crippen LogP contribution in [0.15, 0.2) is 41.9 Å². The van der Waals surface area contributed by atoms with E-state index in [1.54, 1.807) is 22.9 Å². The van der Waals surface area contributed by atoms with Crippen LogP contribution >= 0.6 is 11.3 Å². The number of thiazole rings is 1. The molecule has 0 unspecified atom stereocenters. The number of anilines is 1. The zero-order valence-electron chi connectivity index (χ0n) is 10.4. The van der Waals surface area contributed by atoms with E-state index in [1.807, 2.05) is 24.3 Å². The van der Waals surface area contributed by atoms with Gasteiger partial charge in [0.15, 0.2) is 0 Å². The second-order valence-corrected chi connectivity index (χ2v) is 5.19. The summed E-state index contributed by atoms with van der Waals surface area (Å²) < 4.78 is 14.7. The molecule has 3 rings (SSSR count). The topological polar surface area (TPSA) is 48.7 Å². The van der Waals surface area contributed by atoms with E-state index in [2.05, 4.69) is 10.3 Å². The van der Waals surface area contributed by atoms with E-state index < -0.39 is 0 Å². The van der Waals surface area contributed by atoms with Gasteiger partial charge in [0.1, 0.15) is 5.82 Å². The predicted octanol–water partition coefficient (Wildman–Crippen LogP) is 3.92. The van der Waals surface area contributed by atoms with Crippen molar-refractivity contribution in [3.8, 4) is 6.07 Å². The van der Waals surface area contributed by atoms with Crippen LogP contribution in [0.25, 0.3) is 10.2 Å². The molecule has 1 heterocycles. The van der Waals surface area contributed by atoms with E-state index in [0.717, 1.165) is 15.9 Å². The third-order valence-electron chi connectivity index (χ3n) is 2.99. The van der Waals surface area contributed by atoms with Crippen molar-refractivity contribution in [1.82, 2.24) is 4.98 Å². The maximum atomic E-state index is 13.7. The number of hydrogen-bond acceptors (Lipinski definition) is 4. The average Bonchev–Trinajstić information content (AvgIpc) is 2.94. The molecule has 2 aromatic carbocycles. The van der Waals surface area contributed by atoms with Crippen molar-refractivity contribution in [3.05, 3.63) is 58.9 Å². The molecule has 1 aromatic heterocycles. The predicted molar refractivity (Wildman–Crippen MR) is 78.1 cm³/mol. The number of hydrogen-bond donors (Lipinski definition) is 1. The van der Waals surface area contributed by atoms with Crippen LogP contribution in [0, 0.1) is 17.1 Å². The lowest BCUT2D eigenvalue weighted by Crippen LogP contribution is -2.02.